The number of hydrogen-bond acceptors (Lipinski definition) is 3. The average Bonchev–Trinajstić information content (AvgIpc) is 3.05. The van der Waals surface area contributed by atoms with Gasteiger partial charge in [-0.3, -0.25) is 19.3 Å². The monoisotopic (exact) mass is 375 g/mol. The Kier molecular flexibility index (Phi) is 4.26. The van der Waals surface area contributed by atoms with Crippen LogP contribution in [0.25, 0.3) is 0 Å². The summed E-state index contributed by atoms with van der Waals surface area (Å²) >= 11 is 0. The number of nitrogens with one attached hydrogen (secondary N) is 1. The number of aryl methyl sites for hydroxylation is 1. The highest BCUT2D eigenvalue weighted by Gasteiger charge is 2.60. The van der Waals surface area contributed by atoms with Crippen molar-refractivity contribution in [3.8, 4) is 0 Å². The van der Waals surface area contributed by atoms with E-state index >= 15 is 0 Å². The van der Waals surface area contributed by atoms with Gasteiger partial charge in [0.15, 0.2) is 0 Å². The first-order valence-electron chi connectivity index (χ1n) is 9.22. The molecule has 1 fully saturated rings. The van der Waals surface area contributed by atoms with Crippen LogP contribution < -0.4 is 10.2 Å². The Hall–Kier alpha value is -3.41. The van der Waals surface area contributed by atoms with Gasteiger partial charge in [0.1, 0.15) is 0 Å². The van der Waals surface area contributed by atoms with Gasteiger partial charge in [-0.15, -0.1) is 6.58 Å². The van der Waals surface area contributed by atoms with Crippen molar-refractivity contribution in [3.05, 3.63) is 72.3 Å². The zero-order chi connectivity index (χ0) is 19.9. The molecule has 2 aromatic rings. The fourth-order valence-corrected chi connectivity index (χ4v) is 4.03. The van der Waals surface area contributed by atoms with Gasteiger partial charge < -0.3 is 10.2 Å². The van der Waals surface area contributed by atoms with Gasteiger partial charge >= 0.3 is 0 Å². The predicted octanol–water partition coefficient (Wildman–Crippen LogP) is 3.10. The van der Waals surface area contributed by atoms with Gasteiger partial charge in [-0.05, 0) is 31.2 Å². The van der Waals surface area contributed by atoms with Crippen LogP contribution in [0.4, 0.5) is 11.4 Å². The van der Waals surface area contributed by atoms with E-state index in [1.54, 1.807) is 42.5 Å². The van der Waals surface area contributed by atoms with E-state index in [-0.39, 0.29) is 31.2 Å². The van der Waals surface area contributed by atoms with Crippen molar-refractivity contribution < 1.29 is 14.4 Å². The van der Waals surface area contributed by atoms with Crippen molar-refractivity contribution >= 4 is 29.1 Å². The first-order valence-corrected chi connectivity index (χ1v) is 9.22. The van der Waals surface area contributed by atoms with Crippen LogP contribution >= 0.6 is 0 Å². The SMILES string of the molecule is C=CCN1C(=O)c2ccccc2N2C(=O)CC[C@]12C(=O)Nc1ccc(C)cc1. The Bertz CT molecular complexity index is 983. The third-order valence-corrected chi connectivity index (χ3v) is 5.36. The topological polar surface area (TPSA) is 69.7 Å². The van der Waals surface area contributed by atoms with Gasteiger partial charge in [0.25, 0.3) is 11.8 Å². The van der Waals surface area contributed by atoms with Crippen molar-refractivity contribution in [1.82, 2.24) is 4.90 Å². The quantitative estimate of drug-likeness (QED) is 0.835. The highest BCUT2D eigenvalue weighted by atomic mass is 16.2. The molecule has 2 heterocycles. The number of nitrogens with zero attached hydrogens (tertiary/aromatic N) is 2. The fraction of sp³-hybridized carbons (Fsp3) is 0.227. The lowest BCUT2D eigenvalue weighted by Gasteiger charge is -2.48. The summed E-state index contributed by atoms with van der Waals surface area (Å²) in [6, 6.07) is 14.3. The van der Waals surface area contributed by atoms with Crippen molar-refractivity contribution in [3.63, 3.8) is 0 Å². The van der Waals surface area contributed by atoms with Crippen LogP contribution in [0.2, 0.25) is 0 Å². The predicted molar refractivity (Wildman–Crippen MR) is 107 cm³/mol. The van der Waals surface area contributed by atoms with Crippen molar-refractivity contribution in [2.75, 3.05) is 16.8 Å². The normalized spacial score (nSPS) is 20.6. The smallest absolute Gasteiger partial charge is 0.271 e. The molecule has 0 bridgehead atoms. The van der Waals surface area contributed by atoms with E-state index in [2.05, 4.69) is 11.9 Å². The molecule has 0 aliphatic carbocycles. The second kappa shape index (κ2) is 6.64. The number of benzene rings is 2. The fourth-order valence-electron chi connectivity index (χ4n) is 4.03. The molecule has 0 spiro atoms. The second-order valence-electron chi connectivity index (χ2n) is 7.09. The molecule has 4 rings (SSSR count). The Labute approximate surface area is 163 Å². The number of fused-ring (bicyclic) bond motifs is 3. The molecule has 2 aliphatic heterocycles. The number of amides is 3. The molecular weight excluding hydrogens is 354 g/mol. The van der Waals surface area contributed by atoms with E-state index in [1.165, 1.54) is 9.80 Å². The lowest BCUT2D eigenvalue weighted by atomic mass is 9.95. The molecule has 0 saturated carbocycles. The maximum Gasteiger partial charge on any atom is 0.271 e. The summed E-state index contributed by atoms with van der Waals surface area (Å²) in [4.78, 5) is 42.5. The number of rotatable bonds is 4. The number of hydrogen-bond donors (Lipinski definition) is 1. The van der Waals surface area contributed by atoms with Gasteiger partial charge in [-0.2, -0.15) is 0 Å². The molecule has 142 valence electrons. The van der Waals surface area contributed by atoms with E-state index in [9.17, 15) is 14.4 Å². The van der Waals surface area contributed by atoms with Crippen LogP contribution in [-0.4, -0.2) is 34.8 Å². The zero-order valence-electron chi connectivity index (χ0n) is 15.6. The Morgan fingerprint density at radius 2 is 1.89 bits per heavy atom. The second-order valence-corrected chi connectivity index (χ2v) is 7.09. The van der Waals surface area contributed by atoms with Crippen LogP contribution in [0.15, 0.2) is 61.2 Å². The third-order valence-electron chi connectivity index (χ3n) is 5.36. The van der Waals surface area contributed by atoms with E-state index in [0.717, 1.165) is 5.56 Å². The van der Waals surface area contributed by atoms with Crippen LogP contribution in [0.3, 0.4) is 0 Å². The first kappa shape index (κ1) is 18.0. The largest absolute Gasteiger partial charge is 0.322 e. The molecule has 1 atom stereocenters. The highest BCUT2D eigenvalue weighted by Crippen LogP contribution is 2.44. The molecule has 3 amide bonds. The lowest BCUT2D eigenvalue weighted by Crippen LogP contribution is -2.69. The summed E-state index contributed by atoms with van der Waals surface area (Å²) in [5.74, 6) is -0.847. The van der Waals surface area contributed by atoms with Crippen LogP contribution in [0.1, 0.15) is 28.8 Å². The molecular formula is C22H21N3O3. The van der Waals surface area contributed by atoms with E-state index in [0.29, 0.717) is 16.9 Å². The lowest BCUT2D eigenvalue weighted by molar-refractivity contribution is -0.128. The summed E-state index contributed by atoms with van der Waals surface area (Å²) in [6.45, 7) is 5.86. The van der Waals surface area contributed by atoms with Crippen molar-refractivity contribution in [2.24, 2.45) is 0 Å². The van der Waals surface area contributed by atoms with Gasteiger partial charge in [-0.1, -0.05) is 35.9 Å². The maximum atomic E-state index is 13.5. The van der Waals surface area contributed by atoms with Gasteiger partial charge in [0.05, 0.1) is 11.3 Å². The summed E-state index contributed by atoms with van der Waals surface area (Å²) in [7, 11) is 0. The molecule has 1 saturated heterocycles. The third kappa shape index (κ3) is 2.52. The number of anilines is 2. The summed E-state index contributed by atoms with van der Waals surface area (Å²) in [5.41, 5.74) is 1.19. The van der Waals surface area contributed by atoms with E-state index in [1.807, 2.05) is 19.1 Å². The number of para-hydroxylation sites is 1. The van der Waals surface area contributed by atoms with Crippen molar-refractivity contribution in [1.29, 1.82) is 0 Å². The first-order chi connectivity index (χ1) is 13.5. The number of carbonyl (C=O) groups is 3. The van der Waals surface area contributed by atoms with E-state index in [4.69, 9.17) is 0 Å². The van der Waals surface area contributed by atoms with Gasteiger partial charge in [-0.25, -0.2) is 0 Å². The molecule has 2 aromatic carbocycles. The minimum absolute atomic E-state index is 0.165. The molecule has 1 N–H and O–H groups in total. The Balaban J connectivity index is 1.84. The van der Waals surface area contributed by atoms with Crippen LogP contribution in [0, 0.1) is 6.92 Å². The highest BCUT2D eigenvalue weighted by molar-refractivity contribution is 6.18. The molecule has 0 radical (unpaired) electrons. The summed E-state index contributed by atoms with van der Waals surface area (Å²) < 4.78 is 0. The standard InChI is InChI=1S/C22H21N3O3/c1-3-14-24-20(27)17-6-4-5-7-18(17)25-19(26)12-13-22(24,25)21(28)23-16-10-8-15(2)9-11-16/h3-11H,1,12-14H2,2H3,(H,23,28)/t22-/m0/s1. The minimum Gasteiger partial charge on any atom is -0.322 e. The molecule has 0 unspecified atom stereocenters. The summed E-state index contributed by atoms with van der Waals surface area (Å²) in [5, 5.41) is 2.90. The van der Waals surface area contributed by atoms with Crippen LogP contribution in [-0.2, 0) is 9.59 Å². The molecule has 2 aliphatic rings. The molecule has 0 aromatic heterocycles. The minimum atomic E-state index is -1.40. The Morgan fingerprint density at radius 1 is 1.18 bits per heavy atom. The maximum absolute atomic E-state index is 13.5. The number of carbonyl (C=O) groups excluding carboxylic acids is 3. The molecule has 6 nitrogen and oxygen atoms in total. The molecule has 28 heavy (non-hydrogen) atoms. The molecule has 6 heteroatoms. The average molecular weight is 375 g/mol. The zero-order valence-corrected chi connectivity index (χ0v) is 15.6. The summed E-state index contributed by atoms with van der Waals surface area (Å²) in [6.07, 6.45) is 2.00. The van der Waals surface area contributed by atoms with Crippen molar-refractivity contribution in [2.45, 2.75) is 25.4 Å². The van der Waals surface area contributed by atoms with Crippen LogP contribution in [0.5, 0.6) is 0 Å². The van der Waals surface area contributed by atoms with E-state index < -0.39 is 11.6 Å². The van der Waals surface area contributed by atoms with Gasteiger partial charge in [0, 0.05) is 25.1 Å². The van der Waals surface area contributed by atoms with Gasteiger partial charge in [0.2, 0.25) is 11.6 Å². The Morgan fingerprint density at radius 3 is 2.61 bits per heavy atom.